The number of para-hydroxylation sites is 3. The number of rotatable bonds is 3. The highest BCUT2D eigenvalue weighted by molar-refractivity contribution is 6.33. The van der Waals surface area contributed by atoms with E-state index in [1.165, 1.54) is 0 Å². The Hall–Kier alpha value is -2.13. The Morgan fingerprint density at radius 3 is 2.35 bits per heavy atom. The number of anilines is 1. The Bertz CT molecular complexity index is 756. The SMILES string of the molecule is Cc1nc2ccccc2nc1CNc1ccccc1Cl. The van der Waals surface area contributed by atoms with Crippen molar-refractivity contribution in [1.82, 2.24) is 9.97 Å². The molecule has 3 aromatic rings. The van der Waals surface area contributed by atoms with Gasteiger partial charge in [0.25, 0.3) is 0 Å². The highest BCUT2D eigenvalue weighted by Gasteiger charge is 2.05. The highest BCUT2D eigenvalue weighted by Crippen LogP contribution is 2.21. The van der Waals surface area contributed by atoms with Crippen LogP contribution in [0.5, 0.6) is 0 Å². The number of benzene rings is 2. The van der Waals surface area contributed by atoms with Crippen molar-refractivity contribution in [3.63, 3.8) is 0 Å². The minimum Gasteiger partial charge on any atom is -0.378 e. The van der Waals surface area contributed by atoms with Crippen LogP contribution in [0.25, 0.3) is 11.0 Å². The van der Waals surface area contributed by atoms with Crippen LogP contribution < -0.4 is 5.32 Å². The van der Waals surface area contributed by atoms with Crippen LogP contribution in [0.1, 0.15) is 11.4 Å². The van der Waals surface area contributed by atoms with Crippen molar-refractivity contribution in [2.75, 3.05) is 5.32 Å². The number of fused-ring (bicyclic) bond motifs is 1. The van der Waals surface area contributed by atoms with Gasteiger partial charge in [0.05, 0.1) is 39.7 Å². The predicted octanol–water partition coefficient (Wildman–Crippen LogP) is 4.20. The molecule has 0 fully saturated rings. The zero-order chi connectivity index (χ0) is 13.9. The Kier molecular flexibility index (Phi) is 3.52. The zero-order valence-electron chi connectivity index (χ0n) is 11.1. The predicted molar refractivity (Wildman–Crippen MR) is 83.1 cm³/mol. The molecular weight excluding hydrogens is 270 g/mol. The summed E-state index contributed by atoms with van der Waals surface area (Å²) < 4.78 is 0. The van der Waals surface area contributed by atoms with Gasteiger partial charge >= 0.3 is 0 Å². The van der Waals surface area contributed by atoms with Crippen LogP contribution in [0.2, 0.25) is 5.02 Å². The second-order valence-corrected chi connectivity index (χ2v) is 4.99. The van der Waals surface area contributed by atoms with Gasteiger partial charge in [0.1, 0.15) is 0 Å². The molecule has 0 aliphatic carbocycles. The van der Waals surface area contributed by atoms with Crippen LogP contribution in [0, 0.1) is 6.92 Å². The fourth-order valence-corrected chi connectivity index (χ4v) is 2.28. The topological polar surface area (TPSA) is 37.8 Å². The Balaban J connectivity index is 1.87. The zero-order valence-corrected chi connectivity index (χ0v) is 11.9. The molecule has 0 aliphatic rings. The van der Waals surface area contributed by atoms with Crippen LogP contribution >= 0.6 is 11.6 Å². The number of nitrogens with zero attached hydrogens (tertiary/aromatic N) is 2. The first-order valence-corrected chi connectivity index (χ1v) is 6.82. The van der Waals surface area contributed by atoms with E-state index in [1.54, 1.807) is 0 Å². The molecule has 20 heavy (non-hydrogen) atoms. The summed E-state index contributed by atoms with van der Waals surface area (Å²) in [6.45, 7) is 2.58. The van der Waals surface area contributed by atoms with Gasteiger partial charge in [-0.15, -0.1) is 0 Å². The fourth-order valence-electron chi connectivity index (χ4n) is 2.08. The Morgan fingerprint density at radius 1 is 0.950 bits per heavy atom. The number of aryl methyl sites for hydroxylation is 1. The largest absolute Gasteiger partial charge is 0.378 e. The van der Waals surface area contributed by atoms with E-state index in [9.17, 15) is 0 Å². The third-order valence-electron chi connectivity index (χ3n) is 3.16. The molecule has 3 nitrogen and oxygen atoms in total. The molecule has 100 valence electrons. The van der Waals surface area contributed by atoms with E-state index in [0.29, 0.717) is 11.6 Å². The molecule has 0 atom stereocenters. The van der Waals surface area contributed by atoms with Gasteiger partial charge in [-0.25, -0.2) is 9.97 Å². The Labute approximate surface area is 122 Å². The lowest BCUT2D eigenvalue weighted by Crippen LogP contribution is -2.06. The minimum absolute atomic E-state index is 0.605. The summed E-state index contributed by atoms with van der Waals surface area (Å²) >= 11 is 6.13. The smallest absolute Gasteiger partial charge is 0.0891 e. The number of halogens is 1. The third-order valence-corrected chi connectivity index (χ3v) is 3.49. The van der Waals surface area contributed by atoms with Gasteiger partial charge in [-0.05, 0) is 31.2 Å². The Morgan fingerprint density at radius 2 is 1.60 bits per heavy atom. The summed E-state index contributed by atoms with van der Waals surface area (Å²) in [5.41, 5.74) is 4.61. The molecule has 0 saturated heterocycles. The average molecular weight is 284 g/mol. The lowest BCUT2D eigenvalue weighted by atomic mass is 10.2. The molecule has 1 heterocycles. The van der Waals surface area contributed by atoms with E-state index in [-0.39, 0.29) is 0 Å². The molecule has 1 aromatic heterocycles. The van der Waals surface area contributed by atoms with Crippen molar-refractivity contribution < 1.29 is 0 Å². The molecule has 0 saturated carbocycles. The van der Waals surface area contributed by atoms with Crippen molar-refractivity contribution in [3.05, 3.63) is 64.9 Å². The van der Waals surface area contributed by atoms with Crippen LogP contribution in [-0.4, -0.2) is 9.97 Å². The summed E-state index contributed by atoms with van der Waals surface area (Å²) in [5.74, 6) is 0. The molecule has 3 rings (SSSR count). The number of aromatic nitrogens is 2. The monoisotopic (exact) mass is 283 g/mol. The average Bonchev–Trinajstić information content (AvgIpc) is 2.46. The van der Waals surface area contributed by atoms with Gasteiger partial charge in [0.15, 0.2) is 0 Å². The van der Waals surface area contributed by atoms with E-state index >= 15 is 0 Å². The maximum atomic E-state index is 6.13. The first-order valence-electron chi connectivity index (χ1n) is 6.45. The van der Waals surface area contributed by atoms with Gasteiger partial charge in [0, 0.05) is 0 Å². The number of hydrogen-bond acceptors (Lipinski definition) is 3. The lowest BCUT2D eigenvalue weighted by Gasteiger charge is -2.10. The van der Waals surface area contributed by atoms with Crippen LogP contribution in [0.15, 0.2) is 48.5 Å². The summed E-state index contributed by atoms with van der Waals surface area (Å²) in [6, 6.07) is 15.6. The summed E-state index contributed by atoms with van der Waals surface area (Å²) in [7, 11) is 0. The maximum absolute atomic E-state index is 6.13. The summed E-state index contributed by atoms with van der Waals surface area (Å²) in [4.78, 5) is 9.23. The second-order valence-electron chi connectivity index (χ2n) is 4.58. The van der Waals surface area contributed by atoms with Crippen LogP contribution in [0.3, 0.4) is 0 Å². The van der Waals surface area contributed by atoms with E-state index in [2.05, 4.69) is 15.3 Å². The molecule has 0 unspecified atom stereocenters. The van der Waals surface area contributed by atoms with Crippen molar-refractivity contribution >= 4 is 28.3 Å². The van der Waals surface area contributed by atoms with E-state index in [0.717, 1.165) is 28.1 Å². The summed E-state index contributed by atoms with van der Waals surface area (Å²) in [6.07, 6.45) is 0. The molecular formula is C16H14ClN3. The van der Waals surface area contributed by atoms with Gasteiger partial charge in [-0.3, -0.25) is 0 Å². The minimum atomic E-state index is 0.605. The molecule has 0 bridgehead atoms. The van der Waals surface area contributed by atoms with Crippen LogP contribution in [0.4, 0.5) is 5.69 Å². The number of nitrogens with one attached hydrogen (secondary N) is 1. The molecule has 0 radical (unpaired) electrons. The molecule has 2 aromatic carbocycles. The van der Waals surface area contributed by atoms with Gasteiger partial charge in [-0.2, -0.15) is 0 Å². The highest BCUT2D eigenvalue weighted by atomic mass is 35.5. The van der Waals surface area contributed by atoms with Crippen molar-refractivity contribution in [2.24, 2.45) is 0 Å². The van der Waals surface area contributed by atoms with E-state index < -0.39 is 0 Å². The standard InChI is InChI=1S/C16H14ClN3/c1-11-16(10-18-13-7-3-2-6-12(13)17)20-15-9-5-4-8-14(15)19-11/h2-9,18H,10H2,1H3. The first kappa shape index (κ1) is 12.9. The van der Waals surface area contributed by atoms with E-state index in [1.807, 2.05) is 55.5 Å². The van der Waals surface area contributed by atoms with E-state index in [4.69, 9.17) is 11.6 Å². The van der Waals surface area contributed by atoms with Gasteiger partial charge < -0.3 is 5.32 Å². The fraction of sp³-hybridized carbons (Fsp3) is 0.125. The van der Waals surface area contributed by atoms with Crippen LogP contribution in [-0.2, 0) is 6.54 Å². The van der Waals surface area contributed by atoms with Crippen molar-refractivity contribution in [2.45, 2.75) is 13.5 Å². The molecule has 1 N–H and O–H groups in total. The van der Waals surface area contributed by atoms with Crippen molar-refractivity contribution in [1.29, 1.82) is 0 Å². The first-order chi connectivity index (χ1) is 9.74. The quantitative estimate of drug-likeness (QED) is 0.783. The molecule has 0 aliphatic heterocycles. The lowest BCUT2D eigenvalue weighted by molar-refractivity contribution is 0.998. The molecule has 0 spiro atoms. The summed E-state index contributed by atoms with van der Waals surface area (Å²) in [5, 5.41) is 4.01. The number of hydrogen-bond donors (Lipinski definition) is 1. The van der Waals surface area contributed by atoms with Crippen molar-refractivity contribution in [3.8, 4) is 0 Å². The third kappa shape index (κ3) is 2.58. The maximum Gasteiger partial charge on any atom is 0.0891 e. The normalized spacial score (nSPS) is 10.7. The van der Waals surface area contributed by atoms with Gasteiger partial charge in [-0.1, -0.05) is 35.9 Å². The molecule has 4 heteroatoms. The molecule has 0 amide bonds. The second kappa shape index (κ2) is 5.47. The van der Waals surface area contributed by atoms with Gasteiger partial charge in [0.2, 0.25) is 0 Å².